The van der Waals surface area contributed by atoms with E-state index >= 15 is 0 Å². The van der Waals surface area contributed by atoms with E-state index in [0.29, 0.717) is 16.8 Å². The van der Waals surface area contributed by atoms with Crippen LogP contribution in [0, 0.1) is 6.92 Å². The lowest BCUT2D eigenvalue weighted by Gasteiger charge is -2.21. The largest absolute Gasteiger partial charge is 0.349 e. The van der Waals surface area contributed by atoms with E-state index in [2.05, 4.69) is 10.0 Å². The lowest BCUT2D eigenvalue weighted by Crippen LogP contribution is -2.25. The lowest BCUT2D eigenvalue weighted by molar-refractivity contribution is 0.0951. The number of carbonyl (C=O) groups excluding carboxylic acids is 1. The van der Waals surface area contributed by atoms with Crippen LogP contribution in [0.4, 0.5) is 5.69 Å². The molecule has 1 aliphatic rings. The number of aryl methyl sites for hydroxylation is 1. The molecule has 0 spiro atoms. The maximum atomic E-state index is 12.9. The first-order valence-electron chi connectivity index (χ1n) is 9.11. The van der Waals surface area contributed by atoms with Crippen LogP contribution in [0.25, 0.3) is 0 Å². The van der Waals surface area contributed by atoms with Gasteiger partial charge in [-0.3, -0.25) is 9.52 Å². The molecule has 3 rings (SSSR count). The number of hydrogen-bond donors (Lipinski definition) is 2. The maximum Gasteiger partial charge on any atom is 0.262 e. The topological polar surface area (TPSA) is 75.3 Å². The van der Waals surface area contributed by atoms with E-state index in [4.69, 9.17) is 0 Å². The number of carbonyl (C=O) groups is 1. The summed E-state index contributed by atoms with van der Waals surface area (Å²) in [5.41, 5.74) is 2.46. The zero-order valence-electron chi connectivity index (χ0n) is 16.2. The van der Waals surface area contributed by atoms with Gasteiger partial charge in [-0.25, -0.2) is 8.42 Å². The van der Waals surface area contributed by atoms with Crippen molar-refractivity contribution in [3.05, 3.63) is 59.2 Å². The molecule has 0 saturated heterocycles. The first-order valence-corrected chi connectivity index (χ1v) is 10.6. The molecule has 0 bridgehead atoms. The normalized spacial score (nSPS) is 14.7. The molecule has 2 aromatic carbocycles. The van der Waals surface area contributed by atoms with Crippen LogP contribution in [0.5, 0.6) is 0 Å². The Labute approximate surface area is 161 Å². The lowest BCUT2D eigenvalue weighted by atomic mass is 9.87. The van der Waals surface area contributed by atoms with Crippen molar-refractivity contribution in [2.24, 2.45) is 0 Å². The van der Waals surface area contributed by atoms with E-state index < -0.39 is 10.0 Å². The molecule has 1 aliphatic carbocycles. The highest BCUT2D eigenvalue weighted by atomic mass is 32.2. The first kappa shape index (κ1) is 19.4. The molecule has 0 radical (unpaired) electrons. The van der Waals surface area contributed by atoms with Crippen molar-refractivity contribution < 1.29 is 13.2 Å². The van der Waals surface area contributed by atoms with Crippen molar-refractivity contribution in [1.29, 1.82) is 0 Å². The Balaban J connectivity index is 1.81. The van der Waals surface area contributed by atoms with E-state index in [1.807, 2.05) is 32.9 Å². The molecular formula is C21H26N2O3S. The molecule has 2 aromatic rings. The molecule has 0 atom stereocenters. The second-order valence-electron chi connectivity index (χ2n) is 8.16. The molecule has 6 heteroatoms. The van der Waals surface area contributed by atoms with Gasteiger partial charge in [0.25, 0.3) is 15.9 Å². The van der Waals surface area contributed by atoms with Gasteiger partial charge in [0.05, 0.1) is 4.90 Å². The Morgan fingerprint density at radius 1 is 1.04 bits per heavy atom. The average Bonchev–Trinajstić information content (AvgIpc) is 3.38. The molecule has 0 aliphatic heterocycles. The van der Waals surface area contributed by atoms with Gasteiger partial charge in [0.1, 0.15) is 0 Å². The molecule has 0 unspecified atom stereocenters. The fourth-order valence-corrected chi connectivity index (χ4v) is 4.08. The van der Waals surface area contributed by atoms with Gasteiger partial charge in [0.15, 0.2) is 0 Å². The minimum atomic E-state index is -3.72. The molecule has 144 valence electrons. The highest BCUT2D eigenvalue weighted by molar-refractivity contribution is 7.92. The Morgan fingerprint density at radius 2 is 1.67 bits per heavy atom. The molecule has 1 amide bonds. The molecule has 2 N–H and O–H groups in total. The number of rotatable bonds is 5. The summed E-state index contributed by atoms with van der Waals surface area (Å²) in [6.07, 6.45) is 2.05. The van der Waals surface area contributed by atoms with Gasteiger partial charge in [-0.1, -0.05) is 32.9 Å². The smallest absolute Gasteiger partial charge is 0.262 e. The third-order valence-corrected chi connectivity index (χ3v) is 6.18. The summed E-state index contributed by atoms with van der Waals surface area (Å²) in [5, 5.41) is 2.91. The summed E-state index contributed by atoms with van der Waals surface area (Å²) in [4.78, 5) is 12.3. The van der Waals surface area contributed by atoms with Crippen molar-refractivity contribution in [3.63, 3.8) is 0 Å². The molecule has 0 heterocycles. The number of benzene rings is 2. The van der Waals surface area contributed by atoms with Crippen molar-refractivity contribution in [3.8, 4) is 0 Å². The fraction of sp³-hybridized carbons (Fsp3) is 0.381. The predicted octanol–water partition coefficient (Wildman–Crippen LogP) is 3.99. The van der Waals surface area contributed by atoms with Crippen LogP contribution in [0.3, 0.4) is 0 Å². The third kappa shape index (κ3) is 4.69. The van der Waals surface area contributed by atoms with Crippen molar-refractivity contribution in [2.75, 3.05) is 4.72 Å². The Kier molecular flexibility index (Phi) is 5.04. The maximum absolute atomic E-state index is 12.9. The van der Waals surface area contributed by atoms with Crippen LogP contribution in [0.15, 0.2) is 47.4 Å². The summed E-state index contributed by atoms with van der Waals surface area (Å²) in [5.74, 6) is -0.124. The molecular weight excluding hydrogens is 360 g/mol. The Hall–Kier alpha value is -2.34. The van der Waals surface area contributed by atoms with Crippen LogP contribution in [-0.4, -0.2) is 20.4 Å². The zero-order chi connectivity index (χ0) is 19.8. The van der Waals surface area contributed by atoms with Crippen molar-refractivity contribution in [1.82, 2.24) is 5.32 Å². The van der Waals surface area contributed by atoms with Gasteiger partial charge >= 0.3 is 0 Å². The zero-order valence-corrected chi connectivity index (χ0v) is 17.0. The standard InChI is InChI=1S/C21H26N2O3S/c1-14-5-8-16(21(2,3)4)13-19(14)27(25,26)23-18-9-6-15(7-10-18)20(24)22-17-11-12-17/h5-10,13,17,23H,11-12H2,1-4H3,(H,22,24). The van der Waals surface area contributed by atoms with Crippen LogP contribution in [-0.2, 0) is 15.4 Å². The molecule has 0 aromatic heterocycles. The predicted molar refractivity (Wildman–Crippen MR) is 108 cm³/mol. The summed E-state index contributed by atoms with van der Waals surface area (Å²) in [6, 6.07) is 12.3. The van der Waals surface area contributed by atoms with Gasteiger partial charge in [-0.05, 0) is 66.6 Å². The molecule has 1 saturated carbocycles. The van der Waals surface area contributed by atoms with Crippen molar-refractivity contribution >= 4 is 21.6 Å². The Bertz CT molecular complexity index is 954. The van der Waals surface area contributed by atoms with E-state index in [-0.39, 0.29) is 22.3 Å². The minimum absolute atomic E-state index is 0.124. The molecule has 1 fully saturated rings. The SMILES string of the molecule is Cc1ccc(C(C)(C)C)cc1S(=O)(=O)Nc1ccc(C(=O)NC2CC2)cc1. The van der Waals surface area contributed by atoms with Crippen LogP contribution >= 0.6 is 0 Å². The minimum Gasteiger partial charge on any atom is -0.349 e. The van der Waals surface area contributed by atoms with E-state index in [1.165, 1.54) is 0 Å². The highest BCUT2D eigenvalue weighted by Crippen LogP contribution is 2.28. The third-order valence-electron chi connectivity index (χ3n) is 4.66. The highest BCUT2D eigenvalue weighted by Gasteiger charge is 2.24. The molecule has 27 heavy (non-hydrogen) atoms. The monoisotopic (exact) mass is 386 g/mol. The number of anilines is 1. The van der Waals surface area contributed by atoms with Crippen LogP contribution in [0.1, 0.15) is 55.1 Å². The van der Waals surface area contributed by atoms with Gasteiger partial charge in [0.2, 0.25) is 0 Å². The van der Waals surface area contributed by atoms with Gasteiger partial charge in [0, 0.05) is 17.3 Å². The quantitative estimate of drug-likeness (QED) is 0.816. The first-order chi connectivity index (χ1) is 12.6. The van der Waals surface area contributed by atoms with E-state index in [1.54, 1.807) is 37.3 Å². The summed E-state index contributed by atoms with van der Waals surface area (Å²) < 4.78 is 28.4. The van der Waals surface area contributed by atoms with Crippen molar-refractivity contribution in [2.45, 2.75) is 56.9 Å². The van der Waals surface area contributed by atoms with Gasteiger partial charge < -0.3 is 5.32 Å². The number of hydrogen-bond acceptors (Lipinski definition) is 3. The number of nitrogens with one attached hydrogen (secondary N) is 2. The van der Waals surface area contributed by atoms with Crippen LogP contribution in [0.2, 0.25) is 0 Å². The summed E-state index contributed by atoms with van der Waals surface area (Å²) in [7, 11) is -3.72. The second-order valence-corrected chi connectivity index (χ2v) is 9.81. The molecule has 5 nitrogen and oxygen atoms in total. The average molecular weight is 387 g/mol. The number of sulfonamides is 1. The van der Waals surface area contributed by atoms with Crippen LogP contribution < -0.4 is 10.0 Å². The summed E-state index contributed by atoms with van der Waals surface area (Å²) in [6.45, 7) is 7.93. The second kappa shape index (κ2) is 7.00. The van der Waals surface area contributed by atoms with E-state index in [0.717, 1.165) is 18.4 Å². The summed E-state index contributed by atoms with van der Waals surface area (Å²) >= 11 is 0. The number of amides is 1. The fourth-order valence-electron chi connectivity index (χ4n) is 2.75. The van der Waals surface area contributed by atoms with Gasteiger partial charge in [-0.2, -0.15) is 0 Å². The van der Waals surface area contributed by atoms with Gasteiger partial charge in [-0.15, -0.1) is 0 Å². The Morgan fingerprint density at radius 3 is 2.22 bits per heavy atom. The van der Waals surface area contributed by atoms with E-state index in [9.17, 15) is 13.2 Å².